The first kappa shape index (κ1) is 16.0. The van der Waals surface area contributed by atoms with E-state index in [-0.39, 0.29) is 12.1 Å². The molecule has 1 saturated heterocycles. The summed E-state index contributed by atoms with van der Waals surface area (Å²) in [5, 5.41) is 3.52. The smallest absolute Gasteiger partial charge is 0.244 e. The summed E-state index contributed by atoms with van der Waals surface area (Å²) in [5.74, 6) is 0.187. The molecule has 0 bridgehead atoms. The molecule has 1 fully saturated rings. The second kappa shape index (κ2) is 6.58. The fourth-order valence-corrected chi connectivity index (χ4v) is 2.75. The van der Waals surface area contributed by atoms with Crippen molar-refractivity contribution in [2.75, 3.05) is 20.3 Å². The van der Waals surface area contributed by atoms with E-state index in [1.54, 1.807) is 7.11 Å². The van der Waals surface area contributed by atoms with Crippen molar-refractivity contribution in [1.82, 2.24) is 10.2 Å². The first-order valence-corrected chi connectivity index (χ1v) is 7.66. The van der Waals surface area contributed by atoms with Gasteiger partial charge in [-0.05, 0) is 32.3 Å². The lowest BCUT2D eigenvalue weighted by atomic mass is 9.99. The van der Waals surface area contributed by atoms with Gasteiger partial charge in [-0.1, -0.05) is 36.8 Å². The van der Waals surface area contributed by atoms with E-state index < -0.39 is 5.54 Å². The Morgan fingerprint density at radius 2 is 2.00 bits per heavy atom. The van der Waals surface area contributed by atoms with Gasteiger partial charge in [-0.3, -0.25) is 10.1 Å². The second-order valence-electron chi connectivity index (χ2n) is 5.99. The first-order chi connectivity index (χ1) is 10.0. The molecule has 116 valence electrons. The molecule has 0 radical (unpaired) electrons. The summed E-state index contributed by atoms with van der Waals surface area (Å²) in [6, 6.07) is 8.39. The van der Waals surface area contributed by atoms with Gasteiger partial charge in [0.05, 0.1) is 5.54 Å². The molecule has 1 aromatic carbocycles. The van der Waals surface area contributed by atoms with E-state index in [0.717, 1.165) is 18.4 Å². The van der Waals surface area contributed by atoms with Gasteiger partial charge >= 0.3 is 0 Å². The molecule has 2 atom stereocenters. The maximum absolute atomic E-state index is 12.7. The molecule has 1 heterocycles. The topological polar surface area (TPSA) is 41.6 Å². The minimum absolute atomic E-state index is 0.0418. The van der Waals surface area contributed by atoms with Gasteiger partial charge in [0.25, 0.3) is 0 Å². The predicted molar refractivity (Wildman–Crippen MR) is 84.0 cm³/mol. The van der Waals surface area contributed by atoms with E-state index in [4.69, 9.17) is 4.74 Å². The number of benzene rings is 1. The molecule has 0 aromatic heterocycles. The maximum Gasteiger partial charge on any atom is 0.244 e. The standard InChI is InChI=1S/C17H26N2O2/c1-5-17(3)16(20)19(11-6-12-21-4)15(18-17)14-9-7-13(2)8-10-14/h7-10,15,18H,5-6,11-12H2,1-4H3. The van der Waals surface area contributed by atoms with Gasteiger partial charge in [-0.15, -0.1) is 0 Å². The van der Waals surface area contributed by atoms with Crippen molar-refractivity contribution in [3.8, 4) is 0 Å². The molecule has 1 aliphatic rings. The quantitative estimate of drug-likeness (QED) is 0.819. The number of hydrogen-bond donors (Lipinski definition) is 1. The number of methoxy groups -OCH3 is 1. The predicted octanol–water partition coefficient (Wildman–Crippen LogP) is 2.63. The number of hydrogen-bond acceptors (Lipinski definition) is 3. The van der Waals surface area contributed by atoms with Crippen molar-refractivity contribution in [2.45, 2.75) is 45.3 Å². The molecular formula is C17H26N2O2. The highest BCUT2D eigenvalue weighted by Gasteiger charge is 2.46. The van der Waals surface area contributed by atoms with E-state index in [1.165, 1.54) is 5.56 Å². The fourth-order valence-electron chi connectivity index (χ4n) is 2.75. The highest BCUT2D eigenvalue weighted by Crippen LogP contribution is 2.32. The zero-order valence-electron chi connectivity index (χ0n) is 13.5. The average molecular weight is 290 g/mol. The summed E-state index contributed by atoms with van der Waals surface area (Å²) in [6.45, 7) is 7.51. The van der Waals surface area contributed by atoms with Gasteiger partial charge in [-0.2, -0.15) is 0 Å². The lowest BCUT2D eigenvalue weighted by Gasteiger charge is -2.24. The lowest BCUT2D eigenvalue weighted by molar-refractivity contribution is -0.133. The summed E-state index contributed by atoms with van der Waals surface area (Å²) in [4.78, 5) is 14.7. The van der Waals surface area contributed by atoms with E-state index in [0.29, 0.717) is 13.2 Å². The summed E-state index contributed by atoms with van der Waals surface area (Å²) in [6.07, 6.45) is 1.60. The van der Waals surface area contributed by atoms with Crippen molar-refractivity contribution in [2.24, 2.45) is 0 Å². The van der Waals surface area contributed by atoms with Crippen molar-refractivity contribution in [1.29, 1.82) is 0 Å². The normalized spacial score (nSPS) is 25.6. The van der Waals surface area contributed by atoms with Crippen LogP contribution in [0.5, 0.6) is 0 Å². The molecule has 2 unspecified atom stereocenters. The number of aryl methyl sites for hydroxylation is 1. The van der Waals surface area contributed by atoms with Crippen LogP contribution in [-0.4, -0.2) is 36.6 Å². The molecule has 1 amide bonds. The van der Waals surface area contributed by atoms with Crippen LogP contribution in [0.4, 0.5) is 0 Å². The van der Waals surface area contributed by atoms with Crippen molar-refractivity contribution < 1.29 is 9.53 Å². The lowest BCUT2D eigenvalue weighted by Crippen LogP contribution is -2.43. The highest BCUT2D eigenvalue weighted by molar-refractivity contribution is 5.88. The minimum atomic E-state index is -0.470. The fraction of sp³-hybridized carbons (Fsp3) is 0.588. The summed E-state index contributed by atoms with van der Waals surface area (Å²) < 4.78 is 5.11. The molecule has 0 aliphatic carbocycles. The zero-order chi connectivity index (χ0) is 15.5. The van der Waals surface area contributed by atoms with Crippen LogP contribution < -0.4 is 5.32 Å². The van der Waals surface area contributed by atoms with E-state index in [1.807, 2.05) is 11.8 Å². The van der Waals surface area contributed by atoms with E-state index >= 15 is 0 Å². The van der Waals surface area contributed by atoms with Crippen molar-refractivity contribution in [3.05, 3.63) is 35.4 Å². The van der Waals surface area contributed by atoms with Gasteiger partial charge in [-0.25, -0.2) is 0 Å². The largest absolute Gasteiger partial charge is 0.385 e. The van der Waals surface area contributed by atoms with Crippen LogP contribution in [0, 0.1) is 6.92 Å². The molecule has 0 saturated carbocycles. The Morgan fingerprint density at radius 1 is 1.33 bits per heavy atom. The number of carbonyl (C=O) groups excluding carboxylic acids is 1. The van der Waals surface area contributed by atoms with Gasteiger partial charge in [0.1, 0.15) is 6.17 Å². The first-order valence-electron chi connectivity index (χ1n) is 7.66. The van der Waals surface area contributed by atoms with Crippen LogP contribution >= 0.6 is 0 Å². The number of nitrogens with one attached hydrogen (secondary N) is 1. The van der Waals surface area contributed by atoms with Crippen molar-refractivity contribution >= 4 is 5.91 Å². The van der Waals surface area contributed by atoms with Crippen LogP contribution in [0.25, 0.3) is 0 Å². The number of rotatable bonds is 6. The third-order valence-corrected chi connectivity index (χ3v) is 4.35. The van der Waals surface area contributed by atoms with Gasteiger partial charge in [0.2, 0.25) is 5.91 Å². The Hall–Kier alpha value is -1.39. The Bertz CT molecular complexity index is 486. The molecule has 1 aliphatic heterocycles. The van der Waals surface area contributed by atoms with Gasteiger partial charge in [0, 0.05) is 20.3 Å². The van der Waals surface area contributed by atoms with Crippen molar-refractivity contribution in [3.63, 3.8) is 0 Å². The Morgan fingerprint density at radius 3 is 2.57 bits per heavy atom. The third kappa shape index (κ3) is 3.27. The SMILES string of the molecule is CCC1(C)NC(c2ccc(C)cc2)N(CCCOC)C1=O. The average Bonchev–Trinajstić information content (AvgIpc) is 2.74. The molecule has 1 aromatic rings. The molecule has 4 nitrogen and oxygen atoms in total. The Balaban J connectivity index is 2.23. The van der Waals surface area contributed by atoms with Crippen LogP contribution in [0.3, 0.4) is 0 Å². The Labute approximate surface area is 127 Å². The molecule has 4 heteroatoms. The van der Waals surface area contributed by atoms with Crippen LogP contribution in [0.1, 0.15) is 44.0 Å². The van der Waals surface area contributed by atoms with E-state index in [9.17, 15) is 4.79 Å². The Kier molecular flexibility index (Phi) is 5.01. The van der Waals surface area contributed by atoms with Crippen LogP contribution in [0.2, 0.25) is 0 Å². The molecular weight excluding hydrogens is 264 g/mol. The summed E-state index contributed by atoms with van der Waals surface area (Å²) >= 11 is 0. The number of carbonyl (C=O) groups is 1. The molecule has 0 spiro atoms. The zero-order valence-corrected chi connectivity index (χ0v) is 13.5. The molecule has 1 N–H and O–H groups in total. The summed E-state index contributed by atoms with van der Waals surface area (Å²) in [7, 11) is 1.69. The summed E-state index contributed by atoms with van der Waals surface area (Å²) in [5.41, 5.74) is 1.90. The number of ether oxygens (including phenoxy) is 1. The van der Waals surface area contributed by atoms with Crippen LogP contribution in [-0.2, 0) is 9.53 Å². The monoisotopic (exact) mass is 290 g/mol. The molecule has 2 rings (SSSR count). The van der Waals surface area contributed by atoms with Gasteiger partial charge in [0.15, 0.2) is 0 Å². The van der Waals surface area contributed by atoms with E-state index in [2.05, 4.69) is 43.4 Å². The van der Waals surface area contributed by atoms with Crippen LogP contribution in [0.15, 0.2) is 24.3 Å². The molecule has 21 heavy (non-hydrogen) atoms. The third-order valence-electron chi connectivity index (χ3n) is 4.35. The maximum atomic E-state index is 12.7. The van der Waals surface area contributed by atoms with Gasteiger partial charge < -0.3 is 9.64 Å². The second-order valence-corrected chi connectivity index (χ2v) is 5.99. The number of nitrogens with zero attached hydrogens (tertiary/aromatic N) is 1. The highest BCUT2D eigenvalue weighted by atomic mass is 16.5. The number of amides is 1. The minimum Gasteiger partial charge on any atom is -0.385 e.